The van der Waals surface area contributed by atoms with E-state index in [-0.39, 0.29) is 25.6 Å². The Kier molecular flexibility index (Phi) is 10.5. The van der Waals surface area contributed by atoms with Crippen LogP contribution in [0, 0.1) is 11.7 Å². The van der Waals surface area contributed by atoms with Crippen LogP contribution in [0.15, 0.2) is 61.2 Å². The average molecular weight is 533 g/mol. The van der Waals surface area contributed by atoms with E-state index in [1.807, 2.05) is 18.2 Å². The Hall–Kier alpha value is -3.18. The third kappa shape index (κ3) is 7.69. The van der Waals surface area contributed by atoms with Crippen molar-refractivity contribution in [3.8, 4) is 16.9 Å². The van der Waals surface area contributed by atoms with Crippen molar-refractivity contribution in [2.75, 3.05) is 19.8 Å². The van der Waals surface area contributed by atoms with Gasteiger partial charge in [0, 0.05) is 18.1 Å². The standard InChI is InChI=1S/C34H41FO4/c1-3-5-6-7-24-8-10-25(11-9-24)26-12-13-27-22-32(33(35)23-29(27)20-26)31-15-14-30(38-19-17-36)21-28(31)16-18-39-34(37)4-2/h4,12-15,20-25,36H,2-3,5-11,16-19H2,1H3. The van der Waals surface area contributed by atoms with Gasteiger partial charge >= 0.3 is 5.97 Å². The van der Waals surface area contributed by atoms with Gasteiger partial charge in [0.15, 0.2) is 0 Å². The van der Waals surface area contributed by atoms with E-state index in [1.165, 1.54) is 56.9 Å². The molecule has 1 N–H and O–H groups in total. The zero-order valence-corrected chi connectivity index (χ0v) is 23.1. The van der Waals surface area contributed by atoms with E-state index < -0.39 is 5.97 Å². The van der Waals surface area contributed by atoms with Gasteiger partial charge in [-0.15, -0.1) is 0 Å². The Bertz CT molecular complexity index is 1260. The Morgan fingerprint density at radius 3 is 2.56 bits per heavy atom. The first-order chi connectivity index (χ1) is 19.0. The third-order valence-electron chi connectivity index (χ3n) is 7.99. The number of hydrogen-bond donors (Lipinski definition) is 1. The number of hydrogen-bond acceptors (Lipinski definition) is 4. The SMILES string of the molecule is C=CC(=O)OCCc1cc(OCCO)ccc1-c1cc2ccc(C3CCC(CCCCC)CC3)cc2cc1F. The zero-order valence-electron chi connectivity index (χ0n) is 23.1. The molecule has 0 radical (unpaired) electrons. The molecule has 0 unspecified atom stereocenters. The van der Waals surface area contributed by atoms with Gasteiger partial charge in [-0.05, 0) is 89.2 Å². The summed E-state index contributed by atoms with van der Waals surface area (Å²) in [5.74, 6) is 1.21. The van der Waals surface area contributed by atoms with Crippen molar-refractivity contribution in [2.45, 2.75) is 70.6 Å². The summed E-state index contributed by atoms with van der Waals surface area (Å²) in [6.07, 6.45) is 11.9. The largest absolute Gasteiger partial charge is 0.491 e. The topological polar surface area (TPSA) is 55.8 Å². The summed E-state index contributed by atoms with van der Waals surface area (Å²) in [6.45, 7) is 5.89. The van der Waals surface area contributed by atoms with Gasteiger partial charge in [-0.3, -0.25) is 0 Å². The molecule has 0 spiro atoms. The molecule has 1 aliphatic carbocycles. The summed E-state index contributed by atoms with van der Waals surface area (Å²) in [7, 11) is 0. The van der Waals surface area contributed by atoms with Gasteiger partial charge in [-0.25, -0.2) is 9.18 Å². The number of aliphatic hydroxyl groups is 1. The first kappa shape index (κ1) is 28.8. The number of carbonyl (C=O) groups is 1. The molecule has 0 heterocycles. The molecule has 0 aliphatic heterocycles. The molecule has 1 saturated carbocycles. The fourth-order valence-corrected chi connectivity index (χ4v) is 5.83. The van der Waals surface area contributed by atoms with Crippen molar-refractivity contribution < 1.29 is 23.8 Å². The van der Waals surface area contributed by atoms with Crippen LogP contribution in [0.5, 0.6) is 5.75 Å². The van der Waals surface area contributed by atoms with Gasteiger partial charge in [0.1, 0.15) is 18.2 Å². The van der Waals surface area contributed by atoms with Crippen LogP contribution in [0.3, 0.4) is 0 Å². The van der Waals surface area contributed by atoms with Crippen LogP contribution in [-0.2, 0) is 16.0 Å². The second-order valence-corrected chi connectivity index (χ2v) is 10.7. The van der Waals surface area contributed by atoms with Crippen LogP contribution in [0.2, 0.25) is 0 Å². The fraction of sp³-hybridized carbons (Fsp3) is 0.441. The van der Waals surface area contributed by atoms with Crippen LogP contribution in [0.25, 0.3) is 21.9 Å². The lowest BCUT2D eigenvalue weighted by Crippen LogP contribution is -2.13. The molecular weight excluding hydrogens is 491 g/mol. The first-order valence-corrected chi connectivity index (χ1v) is 14.4. The van der Waals surface area contributed by atoms with Crippen molar-refractivity contribution in [1.82, 2.24) is 0 Å². The molecule has 39 heavy (non-hydrogen) atoms. The average Bonchev–Trinajstić information content (AvgIpc) is 2.96. The van der Waals surface area contributed by atoms with Crippen molar-refractivity contribution >= 4 is 16.7 Å². The van der Waals surface area contributed by atoms with Crippen molar-refractivity contribution in [3.63, 3.8) is 0 Å². The van der Waals surface area contributed by atoms with E-state index in [9.17, 15) is 4.79 Å². The Morgan fingerprint density at radius 1 is 1.00 bits per heavy atom. The molecule has 5 heteroatoms. The smallest absolute Gasteiger partial charge is 0.330 e. The molecule has 0 amide bonds. The van der Waals surface area contributed by atoms with Crippen LogP contribution in [0.1, 0.15) is 75.3 Å². The number of esters is 1. The van der Waals surface area contributed by atoms with E-state index in [0.717, 1.165) is 33.9 Å². The number of carbonyl (C=O) groups excluding carboxylic acids is 1. The summed E-state index contributed by atoms with van der Waals surface area (Å²) in [4.78, 5) is 11.5. The van der Waals surface area contributed by atoms with Gasteiger partial charge in [-0.1, -0.05) is 63.5 Å². The highest BCUT2D eigenvalue weighted by Crippen LogP contribution is 2.39. The minimum atomic E-state index is -0.498. The molecule has 3 aromatic rings. The van der Waals surface area contributed by atoms with Crippen LogP contribution in [-0.4, -0.2) is 30.9 Å². The third-order valence-corrected chi connectivity index (χ3v) is 7.99. The Balaban J connectivity index is 1.55. The van der Waals surface area contributed by atoms with Gasteiger partial charge in [0.2, 0.25) is 0 Å². The van der Waals surface area contributed by atoms with Gasteiger partial charge in [0.05, 0.1) is 13.2 Å². The number of rotatable bonds is 13. The lowest BCUT2D eigenvalue weighted by molar-refractivity contribution is -0.137. The summed E-state index contributed by atoms with van der Waals surface area (Å²) in [5.41, 5.74) is 3.34. The quantitative estimate of drug-likeness (QED) is 0.137. The van der Waals surface area contributed by atoms with E-state index in [2.05, 4.69) is 31.7 Å². The highest BCUT2D eigenvalue weighted by atomic mass is 19.1. The second-order valence-electron chi connectivity index (χ2n) is 10.7. The molecule has 0 aromatic heterocycles. The highest BCUT2D eigenvalue weighted by Gasteiger charge is 2.22. The molecule has 0 atom stereocenters. The Morgan fingerprint density at radius 2 is 1.82 bits per heavy atom. The lowest BCUT2D eigenvalue weighted by atomic mass is 9.76. The van der Waals surface area contributed by atoms with Gasteiger partial charge in [-0.2, -0.15) is 0 Å². The monoisotopic (exact) mass is 532 g/mol. The van der Waals surface area contributed by atoms with Crippen molar-refractivity contribution in [2.24, 2.45) is 5.92 Å². The molecule has 4 rings (SSSR count). The predicted molar refractivity (Wildman–Crippen MR) is 156 cm³/mol. The molecule has 208 valence electrons. The van der Waals surface area contributed by atoms with E-state index in [4.69, 9.17) is 14.6 Å². The van der Waals surface area contributed by atoms with Crippen LogP contribution >= 0.6 is 0 Å². The second kappa shape index (κ2) is 14.3. The summed E-state index contributed by atoms with van der Waals surface area (Å²) in [6, 6.07) is 15.5. The number of fused-ring (bicyclic) bond motifs is 1. The number of ether oxygens (including phenoxy) is 2. The van der Waals surface area contributed by atoms with Crippen molar-refractivity contribution in [3.05, 3.63) is 78.1 Å². The van der Waals surface area contributed by atoms with E-state index in [1.54, 1.807) is 12.1 Å². The maximum absolute atomic E-state index is 15.6. The molecule has 0 bridgehead atoms. The zero-order chi connectivity index (χ0) is 27.6. The summed E-state index contributed by atoms with van der Waals surface area (Å²) < 4.78 is 26.4. The molecule has 0 saturated heterocycles. The molecule has 4 nitrogen and oxygen atoms in total. The van der Waals surface area contributed by atoms with Gasteiger partial charge in [0.25, 0.3) is 0 Å². The van der Waals surface area contributed by atoms with Crippen LogP contribution in [0.4, 0.5) is 4.39 Å². The number of unbranched alkanes of at least 4 members (excludes halogenated alkanes) is 2. The molecular formula is C34H41FO4. The highest BCUT2D eigenvalue weighted by molar-refractivity contribution is 5.89. The summed E-state index contributed by atoms with van der Waals surface area (Å²) >= 11 is 0. The Labute approximate surface area is 231 Å². The first-order valence-electron chi connectivity index (χ1n) is 14.4. The van der Waals surface area contributed by atoms with Crippen molar-refractivity contribution in [1.29, 1.82) is 0 Å². The number of benzene rings is 3. The minimum Gasteiger partial charge on any atom is -0.491 e. The van der Waals surface area contributed by atoms with E-state index in [0.29, 0.717) is 23.7 Å². The fourth-order valence-electron chi connectivity index (χ4n) is 5.83. The number of halogens is 1. The normalized spacial score (nSPS) is 17.2. The molecule has 1 aliphatic rings. The maximum Gasteiger partial charge on any atom is 0.330 e. The van der Waals surface area contributed by atoms with Crippen LogP contribution < -0.4 is 4.74 Å². The van der Waals surface area contributed by atoms with Gasteiger partial charge < -0.3 is 14.6 Å². The summed E-state index contributed by atoms with van der Waals surface area (Å²) in [5, 5.41) is 11.0. The maximum atomic E-state index is 15.6. The predicted octanol–water partition coefficient (Wildman–Crippen LogP) is 8.14. The van der Waals surface area contributed by atoms with E-state index >= 15 is 4.39 Å². The minimum absolute atomic E-state index is 0.101. The molecule has 1 fully saturated rings. The lowest BCUT2D eigenvalue weighted by Gasteiger charge is -2.29. The number of aliphatic hydroxyl groups excluding tert-OH is 1. The molecule has 3 aromatic carbocycles.